The second-order valence-corrected chi connectivity index (χ2v) is 4.58. The van der Waals surface area contributed by atoms with Gasteiger partial charge in [0.1, 0.15) is 0 Å². The van der Waals surface area contributed by atoms with Crippen molar-refractivity contribution in [3.63, 3.8) is 0 Å². The summed E-state index contributed by atoms with van der Waals surface area (Å²) in [7, 11) is 0. The van der Waals surface area contributed by atoms with Crippen molar-refractivity contribution in [1.82, 2.24) is 0 Å². The largest absolute Gasteiger partial charge is 0.465 e. The second kappa shape index (κ2) is 4.39. The molecule has 0 atom stereocenters. The molecule has 1 aromatic carbocycles. The Hall–Kier alpha value is -1.77. The first kappa shape index (κ1) is 12.3. The molecule has 0 spiro atoms. The molecular weight excluding hydrogens is 202 g/mol. The van der Waals surface area contributed by atoms with E-state index in [1.165, 1.54) is 4.90 Å². The molecule has 0 aliphatic heterocycles. The lowest BCUT2D eigenvalue weighted by Gasteiger charge is -2.33. The van der Waals surface area contributed by atoms with Crippen LogP contribution < -0.4 is 4.90 Å². The minimum Gasteiger partial charge on any atom is -0.465 e. The predicted molar refractivity (Wildman–Crippen MR) is 66.8 cm³/mol. The molecule has 0 fully saturated rings. The number of nitrogens with zero attached hydrogens (tertiary/aromatic N) is 1. The zero-order valence-electron chi connectivity index (χ0n) is 9.90. The molecule has 3 nitrogen and oxygen atoms in total. The smallest absolute Gasteiger partial charge is 0.412 e. The summed E-state index contributed by atoms with van der Waals surface area (Å²) < 4.78 is 0. The normalized spacial score (nSPS) is 10.9. The minimum absolute atomic E-state index is 0.457. The summed E-state index contributed by atoms with van der Waals surface area (Å²) in [5.41, 5.74) is 1.19. The van der Waals surface area contributed by atoms with E-state index in [2.05, 4.69) is 6.58 Å². The van der Waals surface area contributed by atoms with Gasteiger partial charge >= 0.3 is 6.09 Å². The van der Waals surface area contributed by atoms with E-state index in [-0.39, 0.29) is 0 Å². The zero-order chi connectivity index (χ0) is 12.3. The maximum absolute atomic E-state index is 11.2. The molecule has 0 aromatic heterocycles. The van der Waals surface area contributed by atoms with Gasteiger partial charge in [-0.25, -0.2) is 4.79 Å². The predicted octanol–water partition coefficient (Wildman–Crippen LogP) is 3.61. The minimum atomic E-state index is -0.946. The van der Waals surface area contributed by atoms with Crippen molar-refractivity contribution < 1.29 is 9.90 Å². The molecule has 1 rings (SSSR count). The van der Waals surface area contributed by atoms with Crippen LogP contribution in [0.3, 0.4) is 0 Å². The molecule has 3 heteroatoms. The molecule has 0 unspecified atom stereocenters. The third kappa shape index (κ3) is 2.63. The van der Waals surface area contributed by atoms with Crippen LogP contribution >= 0.6 is 0 Å². The van der Waals surface area contributed by atoms with E-state index in [4.69, 9.17) is 0 Å². The highest BCUT2D eigenvalue weighted by atomic mass is 16.4. The Bertz CT molecular complexity index is 387. The van der Waals surface area contributed by atoms with Crippen molar-refractivity contribution in [2.45, 2.75) is 26.3 Å². The van der Waals surface area contributed by atoms with E-state index in [1.807, 2.05) is 32.9 Å². The van der Waals surface area contributed by atoms with Gasteiger partial charge in [0.15, 0.2) is 0 Å². The van der Waals surface area contributed by atoms with Crippen molar-refractivity contribution in [2.24, 2.45) is 0 Å². The highest BCUT2D eigenvalue weighted by Crippen LogP contribution is 2.24. The van der Waals surface area contributed by atoms with Crippen LogP contribution in [0.2, 0.25) is 0 Å². The molecule has 0 bridgehead atoms. The van der Waals surface area contributed by atoms with Crippen LogP contribution in [0.4, 0.5) is 10.5 Å². The second-order valence-electron chi connectivity index (χ2n) is 4.58. The third-order valence-corrected chi connectivity index (χ3v) is 2.25. The molecule has 16 heavy (non-hydrogen) atoms. The standard InChI is InChI=1S/C13H17NO2/c1-5-10-6-8-11(9-7-10)14(12(15)16)13(2,3)4/h5-9H,1H2,2-4H3,(H,15,16). The van der Waals surface area contributed by atoms with Crippen LogP contribution in [-0.4, -0.2) is 16.7 Å². The Morgan fingerprint density at radius 1 is 1.31 bits per heavy atom. The molecule has 0 saturated carbocycles. The van der Waals surface area contributed by atoms with Gasteiger partial charge in [-0.3, -0.25) is 4.90 Å². The Kier molecular flexibility index (Phi) is 3.38. The van der Waals surface area contributed by atoms with E-state index < -0.39 is 11.6 Å². The van der Waals surface area contributed by atoms with Gasteiger partial charge in [0, 0.05) is 11.2 Å². The molecule has 0 aliphatic rings. The Morgan fingerprint density at radius 2 is 1.81 bits per heavy atom. The monoisotopic (exact) mass is 219 g/mol. The van der Waals surface area contributed by atoms with E-state index in [9.17, 15) is 9.90 Å². The Morgan fingerprint density at radius 3 is 2.12 bits per heavy atom. The summed E-state index contributed by atoms with van der Waals surface area (Å²) in [5.74, 6) is 0. The van der Waals surface area contributed by atoms with Crippen LogP contribution in [0.25, 0.3) is 6.08 Å². The van der Waals surface area contributed by atoms with Gasteiger partial charge in [-0.05, 0) is 38.5 Å². The summed E-state index contributed by atoms with van der Waals surface area (Å²) in [6, 6.07) is 7.28. The Balaban J connectivity index is 3.12. The van der Waals surface area contributed by atoms with E-state index in [0.717, 1.165) is 5.56 Å². The van der Waals surface area contributed by atoms with Crippen LogP contribution in [0.15, 0.2) is 30.8 Å². The fourth-order valence-electron chi connectivity index (χ4n) is 1.54. The molecule has 86 valence electrons. The average molecular weight is 219 g/mol. The Labute approximate surface area is 96.0 Å². The lowest BCUT2D eigenvalue weighted by molar-refractivity contribution is 0.195. The number of anilines is 1. The molecule has 0 radical (unpaired) electrons. The molecule has 0 saturated heterocycles. The number of carbonyl (C=O) groups is 1. The summed E-state index contributed by atoms with van der Waals surface area (Å²) >= 11 is 0. The van der Waals surface area contributed by atoms with Gasteiger partial charge in [0.2, 0.25) is 0 Å². The summed E-state index contributed by atoms with van der Waals surface area (Å²) in [4.78, 5) is 12.6. The van der Waals surface area contributed by atoms with E-state index in [0.29, 0.717) is 5.69 Å². The number of rotatable bonds is 2. The quantitative estimate of drug-likeness (QED) is 0.825. The number of hydrogen-bond acceptors (Lipinski definition) is 1. The molecule has 1 N–H and O–H groups in total. The first-order valence-electron chi connectivity index (χ1n) is 5.12. The number of carboxylic acid groups (broad SMARTS) is 1. The number of hydrogen-bond donors (Lipinski definition) is 1. The van der Waals surface area contributed by atoms with E-state index >= 15 is 0 Å². The van der Waals surface area contributed by atoms with Crippen LogP contribution in [-0.2, 0) is 0 Å². The van der Waals surface area contributed by atoms with Crippen molar-refractivity contribution in [3.05, 3.63) is 36.4 Å². The average Bonchev–Trinajstić information content (AvgIpc) is 2.16. The van der Waals surface area contributed by atoms with Crippen molar-refractivity contribution in [2.75, 3.05) is 4.90 Å². The molecular formula is C13H17NO2. The van der Waals surface area contributed by atoms with Gasteiger partial charge < -0.3 is 5.11 Å². The van der Waals surface area contributed by atoms with Crippen molar-refractivity contribution in [1.29, 1.82) is 0 Å². The van der Waals surface area contributed by atoms with Gasteiger partial charge in [0.05, 0.1) is 0 Å². The zero-order valence-corrected chi connectivity index (χ0v) is 9.90. The molecule has 0 heterocycles. The first-order chi connectivity index (χ1) is 7.36. The maximum atomic E-state index is 11.2. The highest BCUT2D eigenvalue weighted by Gasteiger charge is 2.27. The number of benzene rings is 1. The first-order valence-corrected chi connectivity index (χ1v) is 5.12. The van der Waals surface area contributed by atoms with Crippen LogP contribution in [0.5, 0.6) is 0 Å². The molecule has 1 amide bonds. The lowest BCUT2D eigenvalue weighted by Crippen LogP contribution is -2.45. The SMILES string of the molecule is C=Cc1ccc(N(C(=O)O)C(C)(C)C)cc1. The van der Waals surface area contributed by atoms with Crippen molar-refractivity contribution >= 4 is 17.9 Å². The summed E-state index contributed by atoms with van der Waals surface area (Å²) in [6.45, 7) is 9.25. The maximum Gasteiger partial charge on any atom is 0.412 e. The topological polar surface area (TPSA) is 40.5 Å². The fourth-order valence-corrected chi connectivity index (χ4v) is 1.54. The number of amides is 1. The van der Waals surface area contributed by atoms with Gasteiger partial charge in [-0.15, -0.1) is 0 Å². The summed E-state index contributed by atoms with van der Waals surface area (Å²) in [6.07, 6.45) is 0.783. The summed E-state index contributed by atoms with van der Waals surface area (Å²) in [5, 5.41) is 9.19. The molecule has 1 aromatic rings. The van der Waals surface area contributed by atoms with Gasteiger partial charge in [-0.2, -0.15) is 0 Å². The van der Waals surface area contributed by atoms with Crippen LogP contribution in [0.1, 0.15) is 26.3 Å². The fraction of sp³-hybridized carbons (Fsp3) is 0.308. The highest BCUT2D eigenvalue weighted by molar-refractivity contribution is 5.87. The molecule has 0 aliphatic carbocycles. The van der Waals surface area contributed by atoms with Gasteiger partial charge in [0.25, 0.3) is 0 Å². The third-order valence-electron chi connectivity index (χ3n) is 2.25. The van der Waals surface area contributed by atoms with E-state index in [1.54, 1.807) is 18.2 Å². The van der Waals surface area contributed by atoms with Crippen molar-refractivity contribution in [3.8, 4) is 0 Å². The van der Waals surface area contributed by atoms with Crippen LogP contribution in [0, 0.1) is 0 Å². The van der Waals surface area contributed by atoms with Gasteiger partial charge in [-0.1, -0.05) is 24.8 Å². The lowest BCUT2D eigenvalue weighted by atomic mass is 10.0.